The highest BCUT2D eigenvalue weighted by Gasteiger charge is 2.39. The van der Waals surface area contributed by atoms with Crippen LogP contribution in [0.25, 0.3) is 5.57 Å². The maximum absolute atomic E-state index is 13.3. The van der Waals surface area contributed by atoms with Gasteiger partial charge in [-0.2, -0.15) is 0 Å². The minimum atomic E-state index is -0.291. The first kappa shape index (κ1) is 21.2. The molecule has 4 nitrogen and oxygen atoms in total. The fraction of sp³-hybridized carbons (Fsp3) is 0.120. The van der Waals surface area contributed by atoms with Gasteiger partial charge in [-0.1, -0.05) is 66.2 Å². The predicted molar refractivity (Wildman–Crippen MR) is 125 cm³/mol. The van der Waals surface area contributed by atoms with Crippen molar-refractivity contribution < 1.29 is 14.3 Å². The molecule has 0 fully saturated rings. The summed E-state index contributed by atoms with van der Waals surface area (Å²) < 4.78 is 5.23. The Labute approximate surface area is 190 Å². The highest BCUT2D eigenvalue weighted by Crippen LogP contribution is 2.38. The number of nitrogens with zero attached hydrogens (tertiary/aromatic N) is 1. The van der Waals surface area contributed by atoms with Crippen LogP contribution < -0.4 is 4.74 Å². The lowest BCUT2D eigenvalue weighted by molar-refractivity contribution is -0.137. The fourth-order valence-corrected chi connectivity index (χ4v) is 4.56. The van der Waals surface area contributed by atoms with Crippen molar-refractivity contribution in [3.05, 3.63) is 105 Å². The number of thioether (sulfide) groups is 1. The molecule has 31 heavy (non-hydrogen) atoms. The van der Waals surface area contributed by atoms with Crippen molar-refractivity contribution in [2.45, 2.75) is 12.3 Å². The Bertz CT molecular complexity index is 1130. The first-order valence-electron chi connectivity index (χ1n) is 9.73. The summed E-state index contributed by atoms with van der Waals surface area (Å²) in [5.74, 6) is 0.730. The lowest BCUT2D eigenvalue weighted by Crippen LogP contribution is -2.30. The second kappa shape index (κ2) is 9.41. The largest absolute Gasteiger partial charge is 0.497 e. The SMILES string of the molecule is COc1ccc(C2=C(SCc3ccccc3)C(=O)N(Cc3ccc(Cl)cc3)C2=O)cc1. The summed E-state index contributed by atoms with van der Waals surface area (Å²) in [6, 6.07) is 24.3. The summed E-state index contributed by atoms with van der Waals surface area (Å²) in [5.41, 5.74) is 3.07. The molecule has 4 rings (SSSR count). The van der Waals surface area contributed by atoms with E-state index in [4.69, 9.17) is 16.3 Å². The Morgan fingerprint density at radius 3 is 2.16 bits per heavy atom. The number of carbonyl (C=O) groups is 2. The maximum Gasteiger partial charge on any atom is 0.268 e. The van der Waals surface area contributed by atoms with Crippen molar-refractivity contribution in [2.75, 3.05) is 7.11 Å². The number of carbonyl (C=O) groups excluding carboxylic acids is 2. The highest BCUT2D eigenvalue weighted by molar-refractivity contribution is 8.03. The molecule has 3 aromatic rings. The topological polar surface area (TPSA) is 46.6 Å². The molecule has 1 heterocycles. The summed E-state index contributed by atoms with van der Waals surface area (Å²) in [6.45, 7) is 0.198. The monoisotopic (exact) mass is 449 g/mol. The summed E-state index contributed by atoms with van der Waals surface area (Å²) in [5, 5.41) is 0.610. The van der Waals surface area contributed by atoms with Gasteiger partial charge in [0.15, 0.2) is 0 Å². The van der Waals surface area contributed by atoms with Crippen molar-refractivity contribution in [3.63, 3.8) is 0 Å². The van der Waals surface area contributed by atoms with Gasteiger partial charge in [-0.05, 0) is 41.0 Å². The summed E-state index contributed by atoms with van der Waals surface area (Å²) >= 11 is 7.36. The highest BCUT2D eigenvalue weighted by atomic mass is 35.5. The average molecular weight is 450 g/mol. The van der Waals surface area contributed by atoms with Crippen LogP contribution in [0.2, 0.25) is 5.02 Å². The zero-order valence-electron chi connectivity index (χ0n) is 16.9. The first-order valence-corrected chi connectivity index (χ1v) is 11.1. The van der Waals surface area contributed by atoms with Gasteiger partial charge in [-0.25, -0.2) is 0 Å². The van der Waals surface area contributed by atoms with E-state index in [1.165, 1.54) is 16.7 Å². The number of ether oxygens (including phenoxy) is 1. The van der Waals surface area contributed by atoms with E-state index in [0.29, 0.717) is 32.6 Å². The van der Waals surface area contributed by atoms with Gasteiger partial charge in [-0.15, -0.1) is 11.8 Å². The Morgan fingerprint density at radius 1 is 0.839 bits per heavy atom. The Hall–Kier alpha value is -3.02. The molecule has 0 saturated heterocycles. The van der Waals surface area contributed by atoms with Crippen LogP contribution in [-0.4, -0.2) is 23.8 Å². The number of halogens is 1. The van der Waals surface area contributed by atoms with Gasteiger partial charge in [-0.3, -0.25) is 14.5 Å². The number of benzene rings is 3. The van der Waals surface area contributed by atoms with Gasteiger partial charge in [0, 0.05) is 10.8 Å². The van der Waals surface area contributed by atoms with E-state index in [9.17, 15) is 9.59 Å². The van der Waals surface area contributed by atoms with E-state index in [0.717, 1.165) is 11.1 Å². The number of hydrogen-bond donors (Lipinski definition) is 0. The van der Waals surface area contributed by atoms with Gasteiger partial charge in [0.2, 0.25) is 0 Å². The number of amides is 2. The minimum absolute atomic E-state index is 0.198. The van der Waals surface area contributed by atoms with Crippen molar-refractivity contribution in [3.8, 4) is 5.75 Å². The Balaban J connectivity index is 1.66. The van der Waals surface area contributed by atoms with Gasteiger partial charge < -0.3 is 4.74 Å². The summed E-state index contributed by atoms with van der Waals surface area (Å²) in [6.07, 6.45) is 0. The van der Waals surface area contributed by atoms with Crippen LogP contribution in [0.5, 0.6) is 5.75 Å². The van der Waals surface area contributed by atoms with Crippen LogP contribution >= 0.6 is 23.4 Å². The number of rotatable bonds is 7. The normalized spacial score (nSPS) is 13.8. The molecule has 0 N–H and O–H groups in total. The molecule has 0 bridgehead atoms. The lowest BCUT2D eigenvalue weighted by Gasteiger charge is -2.15. The van der Waals surface area contributed by atoms with Crippen molar-refractivity contribution in [1.82, 2.24) is 4.90 Å². The number of imide groups is 1. The lowest BCUT2D eigenvalue weighted by atomic mass is 10.1. The Morgan fingerprint density at radius 2 is 1.52 bits per heavy atom. The summed E-state index contributed by atoms with van der Waals surface area (Å²) in [4.78, 5) is 28.4. The van der Waals surface area contributed by atoms with Crippen LogP contribution in [0, 0.1) is 0 Å². The van der Waals surface area contributed by atoms with Gasteiger partial charge in [0.1, 0.15) is 5.75 Å². The van der Waals surface area contributed by atoms with E-state index in [-0.39, 0.29) is 18.4 Å². The zero-order chi connectivity index (χ0) is 21.8. The van der Waals surface area contributed by atoms with E-state index in [2.05, 4.69) is 0 Å². The average Bonchev–Trinajstić information content (AvgIpc) is 3.04. The second-order valence-electron chi connectivity index (χ2n) is 7.03. The molecule has 0 radical (unpaired) electrons. The molecule has 0 atom stereocenters. The zero-order valence-corrected chi connectivity index (χ0v) is 18.5. The van der Waals surface area contributed by atoms with Crippen LogP contribution in [0.3, 0.4) is 0 Å². The number of hydrogen-bond acceptors (Lipinski definition) is 4. The maximum atomic E-state index is 13.3. The molecule has 156 valence electrons. The van der Waals surface area contributed by atoms with E-state index in [1.54, 1.807) is 31.4 Å². The van der Waals surface area contributed by atoms with E-state index >= 15 is 0 Å². The predicted octanol–water partition coefficient (Wildman–Crippen LogP) is 5.56. The van der Waals surface area contributed by atoms with Gasteiger partial charge >= 0.3 is 0 Å². The van der Waals surface area contributed by atoms with Crippen LogP contribution in [0.1, 0.15) is 16.7 Å². The molecule has 1 aliphatic heterocycles. The molecule has 0 spiro atoms. The molecule has 0 aromatic heterocycles. The minimum Gasteiger partial charge on any atom is -0.497 e. The third-order valence-corrected chi connectivity index (χ3v) is 6.38. The molecular formula is C25H20ClNO3S. The van der Waals surface area contributed by atoms with Crippen molar-refractivity contribution in [2.24, 2.45) is 0 Å². The number of methoxy groups -OCH3 is 1. The van der Waals surface area contributed by atoms with Crippen LogP contribution in [0.4, 0.5) is 0 Å². The molecule has 6 heteroatoms. The van der Waals surface area contributed by atoms with Gasteiger partial charge in [0.05, 0.1) is 24.1 Å². The summed E-state index contributed by atoms with van der Waals surface area (Å²) in [7, 11) is 1.59. The van der Waals surface area contributed by atoms with Crippen molar-refractivity contribution >= 4 is 40.8 Å². The smallest absolute Gasteiger partial charge is 0.268 e. The molecule has 0 saturated carbocycles. The molecular weight excluding hydrogens is 430 g/mol. The fourth-order valence-electron chi connectivity index (χ4n) is 3.35. The quantitative estimate of drug-likeness (QED) is 0.443. The van der Waals surface area contributed by atoms with E-state index < -0.39 is 0 Å². The van der Waals surface area contributed by atoms with Crippen LogP contribution in [0.15, 0.2) is 83.8 Å². The second-order valence-corrected chi connectivity index (χ2v) is 8.45. The van der Waals surface area contributed by atoms with Crippen molar-refractivity contribution in [1.29, 1.82) is 0 Å². The molecule has 0 unspecified atom stereocenters. The third kappa shape index (κ3) is 4.68. The Kier molecular flexibility index (Phi) is 6.44. The molecule has 2 amide bonds. The molecule has 3 aromatic carbocycles. The molecule has 1 aliphatic rings. The molecule has 0 aliphatic carbocycles. The first-order chi connectivity index (χ1) is 15.1. The van der Waals surface area contributed by atoms with Crippen LogP contribution in [-0.2, 0) is 21.9 Å². The van der Waals surface area contributed by atoms with E-state index in [1.807, 2.05) is 54.6 Å². The standard InChI is InChI=1S/C25H20ClNO3S/c1-30-21-13-9-19(10-14-21)22-23(31-16-18-5-3-2-4-6-18)25(29)27(24(22)28)15-17-7-11-20(26)12-8-17/h2-14H,15-16H2,1H3. The third-order valence-electron chi connectivity index (χ3n) is 4.98. The van der Waals surface area contributed by atoms with Gasteiger partial charge in [0.25, 0.3) is 11.8 Å².